The monoisotopic (exact) mass is 309 g/mol. The first-order valence-electron chi connectivity index (χ1n) is 6.82. The molecule has 1 atom stereocenters. The third-order valence-corrected chi connectivity index (χ3v) is 5.18. The maximum atomic E-state index is 12.3. The van der Waals surface area contributed by atoms with Gasteiger partial charge in [0, 0.05) is 26.2 Å². The van der Waals surface area contributed by atoms with Crippen molar-refractivity contribution < 1.29 is 13.2 Å². The predicted molar refractivity (Wildman–Crippen MR) is 78.4 cm³/mol. The molecule has 1 aliphatic heterocycles. The van der Waals surface area contributed by atoms with Crippen LogP contribution in [0.4, 0.5) is 0 Å². The molecule has 114 valence electrons. The number of nitrogens with two attached hydrogens (primary N) is 1. The Labute approximate surface area is 125 Å². The Balaban J connectivity index is 1.99. The van der Waals surface area contributed by atoms with E-state index in [1.54, 1.807) is 12.1 Å². The van der Waals surface area contributed by atoms with Crippen molar-refractivity contribution in [3.8, 4) is 6.07 Å². The summed E-state index contributed by atoms with van der Waals surface area (Å²) in [5.41, 5.74) is 5.92. The topological polar surface area (TPSA) is 96.4 Å². The minimum Gasteiger partial charge on any atom is -0.374 e. The van der Waals surface area contributed by atoms with Gasteiger partial charge in [0.15, 0.2) is 9.84 Å². The summed E-state index contributed by atoms with van der Waals surface area (Å²) < 4.78 is 30.1. The van der Waals surface area contributed by atoms with Gasteiger partial charge in [-0.15, -0.1) is 0 Å². The van der Waals surface area contributed by atoms with Crippen molar-refractivity contribution in [3.05, 3.63) is 29.8 Å². The maximum absolute atomic E-state index is 12.3. The van der Waals surface area contributed by atoms with Gasteiger partial charge < -0.3 is 10.5 Å². The molecule has 0 aromatic heterocycles. The van der Waals surface area contributed by atoms with Crippen LogP contribution in [-0.4, -0.2) is 58.0 Å². The normalized spacial score (nSPS) is 20.1. The Morgan fingerprint density at radius 1 is 1.48 bits per heavy atom. The van der Waals surface area contributed by atoms with E-state index in [2.05, 4.69) is 0 Å². The number of hydrogen-bond acceptors (Lipinski definition) is 6. The first-order valence-corrected chi connectivity index (χ1v) is 8.47. The van der Waals surface area contributed by atoms with Crippen LogP contribution >= 0.6 is 0 Å². The third-order valence-electron chi connectivity index (χ3n) is 3.48. The molecule has 0 bridgehead atoms. The first-order chi connectivity index (χ1) is 10.0. The molecule has 1 fully saturated rings. The zero-order valence-electron chi connectivity index (χ0n) is 11.7. The molecule has 1 unspecified atom stereocenters. The molecule has 0 saturated carbocycles. The predicted octanol–water partition coefficient (Wildman–Crippen LogP) is -0.00852. The molecule has 0 spiro atoms. The van der Waals surface area contributed by atoms with Crippen LogP contribution in [0, 0.1) is 11.3 Å². The van der Waals surface area contributed by atoms with Gasteiger partial charge in [0.25, 0.3) is 0 Å². The number of rotatable bonds is 5. The van der Waals surface area contributed by atoms with Crippen molar-refractivity contribution in [3.63, 3.8) is 0 Å². The molecule has 0 aliphatic carbocycles. The molecule has 7 heteroatoms. The fourth-order valence-electron chi connectivity index (χ4n) is 2.25. The van der Waals surface area contributed by atoms with E-state index in [9.17, 15) is 8.42 Å². The molecule has 1 heterocycles. The van der Waals surface area contributed by atoms with Crippen molar-refractivity contribution in [2.45, 2.75) is 11.0 Å². The van der Waals surface area contributed by atoms with Crippen LogP contribution in [0.5, 0.6) is 0 Å². The van der Waals surface area contributed by atoms with Crippen molar-refractivity contribution in [1.29, 1.82) is 5.26 Å². The van der Waals surface area contributed by atoms with E-state index in [0.29, 0.717) is 38.3 Å². The summed E-state index contributed by atoms with van der Waals surface area (Å²) in [7, 11) is -3.38. The molecule has 21 heavy (non-hydrogen) atoms. The van der Waals surface area contributed by atoms with E-state index >= 15 is 0 Å². The molecule has 2 N–H and O–H groups in total. The number of benzene rings is 1. The molecule has 1 aromatic carbocycles. The fourth-order valence-corrected chi connectivity index (χ4v) is 3.58. The van der Waals surface area contributed by atoms with Gasteiger partial charge in [-0.05, 0) is 18.2 Å². The molecular weight excluding hydrogens is 290 g/mol. The Hall–Kier alpha value is -1.46. The summed E-state index contributed by atoms with van der Waals surface area (Å²) in [5, 5.41) is 8.84. The number of morpholine rings is 1. The summed E-state index contributed by atoms with van der Waals surface area (Å²) in [5.74, 6) is 0.0270. The quantitative estimate of drug-likeness (QED) is 0.822. The van der Waals surface area contributed by atoms with Crippen LogP contribution in [0.15, 0.2) is 29.2 Å². The smallest absolute Gasteiger partial charge is 0.179 e. The van der Waals surface area contributed by atoms with Crippen molar-refractivity contribution in [1.82, 2.24) is 4.90 Å². The van der Waals surface area contributed by atoms with Gasteiger partial charge in [-0.1, -0.05) is 6.07 Å². The standard InChI is InChI=1S/C14H19N3O3S/c15-9-12-2-1-3-14(8-12)21(18,19)7-5-17-4-6-20-13(10-16)11-17/h1-3,8,13H,4-7,10-11,16H2. The SMILES string of the molecule is N#Cc1cccc(S(=O)(=O)CCN2CCOC(CN)C2)c1. The minimum atomic E-state index is -3.38. The zero-order valence-corrected chi connectivity index (χ0v) is 12.6. The highest BCUT2D eigenvalue weighted by Gasteiger charge is 2.22. The summed E-state index contributed by atoms with van der Waals surface area (Å²) >= 11 is 0. The minimum absolute atomic E-state index is 0.0247. The van der Waals surface area contributed by atoms with Gasteiger partial charge in [0.1, 0.15) is 0 Å². The summed E-state index contributed by atoms with van der Waals surface area (Å²) in [6.07, 6.45) is -0.0247. The zero-order chi connectivity index (χ0) is 15.3. The molecular formula is C14H19N3O3S. The van der Waals surface area contributed by atoms with Crippen molar-refractivity contribution in [2.24, 2.45) is 5.73 Å². The lowest BCUT2D eigenvalue weighted by atomic mass is 10.2. The van der Waals surface area contributed by atoms with Crippen LogP contribution in [0.3, 0.4) is 0 Å². The number of nitrogens with zero attached hydrogens (tertiary/aromatic N) is 2. The van der Waals surface area contributed by atoms with E-state index in [1.165, 1.54) is 12.1 Å². The van der Waals surface area contributed by atoms with Gasteiger partial charge in [-0.25, -0.2) is 8.42 Å². The van der Waals surface area contributed by atoms with Crippen LogP contribution < -0.4 is 5.73 Å². The molecule has 0 amide bonds. The second-order valence-corrected chi connectivity index (χ2v) is 7.10. The van der Waals surface area contributed by atoms with E-state index in [1.807, 2.05) is 11.0 Å². The van der Waals surface area contributed by atoms with E-state index < -0.39 is 9.84 Å². The third kappa shape index (κ3) is 4.25. The lowest BCUT2D eigenvalue weighted by Crippen LogP contribution is -2.46. The Morgan fingerprint density at radius 2 is 2.29 bits per heavy atom. The highest BCUT2D eigenvalue weighted by Crippen LogP contribution is 2.14. The van der Waals surface area contributed by atoms with Gasteiger partial charge in [-0.2, -0.15) is 5.26 Å². The lowest BCUT2D eigenvalue weighted by molar-refractivity contribution is -0.0209. The second-order valence-electron chi connectivity index (χ2n) is 4.99. The fraction of sp³-hybridized carbons (Fsp3) is 0.500. The van der Waals surface area contributed by atoms with Crippen molar-refractivity contribution >= 4 is 9.84 Å². The van der Waals surface area contributed by atoms with E-state index in [4.69, 9.17) is 15.7 Å². The molecule has 1 aliphatic rings. The summed E-state index contributed by atoms with van der Waals surface area (Å²) in [6.45, 7) is 2.83. The summed E-state index contributed by atoms with van der Waals surface area (Å²) in [6, 6.07) is 8.07. The highest BCUT2D eigenvalue weighted by atomic mass is 32.2. The van der Waals surface area contributed by atoms with Gasteiger partial charge in [0.05, 0.1) is 35.0 Å². The molecule has 6 nitrogen and oxygen atoms in total. The average molecular weight is 309 g/mol. The van der Waals surface area contributed by atoms with Crippen LogP contribution in [0.2, 0.25) is 0 Å². The second kappa shape index (κ2) is 7.00. The number of ether oxygens (including phenoxy) is 1. The van der Waals surface area contributed by atoms with E-state index in [0.717, 1.165) is 0 Å². The van der Waals surface area contributed by atoms with Crippen molar-refractivity contribution in [2.75, 3.05) is 38.5 Å². The van der Waals surface area contributed by atoms with Gasteiger partial charge in [-0.3, -0.25) is 4.90 Å². The summed E-state index contributed by atoms with van der Waals surface area (Å²) in [4.78, 5) is 2.25. The highest BCUT2D eigenvalue weighted by molar-refractivity contribution is 7.91. The number of sulfone groups is 1. The number of nitriles is 1. The average Bonchev–Trinajstić information content (AvgIpc) is 2.53. The van der Waals surface area contributed by atoms with Gasteiger partial charge >= 0.3 is 0 Å². The molecule has 2 rings (SSSR count). The van der Waals surface area contributed by atoms with Crippen LogP contribution in [0.1, 0.15) is 5.56 Å². The molecule has 1 saturated heterocycles. The van der Waals surface area contributed by atoms with Crippen LogP contribution in [-0.2, 0) is 14.6 Å². The molecule has 1 aromatic rings. The van der Waals surface area contributed by atoms with E-state index in [-0.39, 0.29) is 16.8 Å². The lowest BCUT2D eigenvalue weighted by Gasteiger charge is -2.32. The Morgan fingerprint density at radius 3 is 3.00 bits per heavy atom. The van der Waals surface area contributed by atoms with Crippen LogP contribution in [0.25, 0.3) is 0 Å². The largest absolute Gasteiger partial charge is 0.374 e. The Bertz CT molecular complexity index is 625. The maximum Gasteiger partial charge on any atom is 0.179 e. The Kier molecular flexibility index (Phi) is 5.31. The molecule has 0 radical (unpaired) electrons. The number of hydrogen-bond donors (Lipinski definition) is 1. The van der Waals surface area contributed by atoms with Gasteiger partial charge in [0.2, 0.25) is 0 Å². The first kappa shape index (κ1) is 15.9.